The highest BCUT2D eigenvalue weighted by molar-refractivity contribution is 7.17. The van der Waals surface area contributed by atoms with Crippen LogP contribution in [0, 0.1) is 13.8 Å². The van der Waals surface area contributed by atoms with Crippen molar-refractivity contribution in [2.45, 2.75) is 13.8 Å². The number of carbonyl (C=O) groups is 1. The minimum absolute atomic E-state index is 0.175. The Morgan fingerprint density at radius 1 is 1.50 bits per heavy atom. The van der Waals surface area contributed by atoms with Gasteiger partial charge in [-0.05, 0) is 13.8 Å². The van der Waals surface area contributed by atoms with Crippen LogP contribution in [0.15, 0.2) is 10.7 Å². The molecule has 0 aromatic carbocycles. The van der Waals surface area contributed by atoms with Crippen LogP contribution < -0.4 is 11.1 Å². The minimum Gasteiger partial charge on any atom is -0.432 e. The molecular formula is C9H10N4O2S. The van der Waals surface area contributed by atoms with Gasteiger partial charge in [-0.1, -0.05) is 11.3 Å². The highest BCUT2D eigenvalue weighted by atomic mass is 32.1. The van der Waals surface area contributed by atoms with Crippen molar-refractivity contribution < 1.29 is 9.21 Å². The summed E-state index contributed by atoms with van der Waals surface area (Å²) in [4.78, 5) is 20.2. The Morgan fingerprint density at radius 2 is 2.25 bits per heavy atom. The molecule has 6 nitrogen and oxygen atoms in total. The van der Waals surface area contributed by atoms with Gasteiger partial charge in [0.1, 0.15) is 11.1 Å². The lowest BCUT2D eigenvalue weighted by atomic mass is 10.4. The Balaban J connectivity index is 2.17. The number of hydrogen-bond donors (Lipinski definition) is 2. The molecule has 0 aliphatic carbocycles. The third-order valence-corrected chi connectivity index (χ3v) is 2.84. The summed E-state index contributed by atoms with van der Waals surface area (Å²) in [5, 5.41) is 2.90. The van der Waals surface area contributed by atoms with Gasteiger partial charge in [-0.15, -0.1) is 0 Å². The standard InChI is InChI=1S/C9H10N4O2S/c1-4-3-15-9(11-4)13-7(14)6-5(2)12-8(10)16-6/h3H,1-2H3,(H2,10,12)(H,11,13,14). The minimum atomic E-state index is -0.312. The average molecular weight is 238 g/mol. The molecule has 7 heteroatoms. The van der Waals surface area contributed by atoms with Gasteiger partial charge in [0.15, 0.2) is 5.13 Å². The zero-order chi connectivity index (χ0) is 11.7. The molecule has 0 saturated carbocycles. The number of rotatable bonds is 2. The van der Waals surface area contributed by atoms with E-state index in [2.05, 4.69) is 15.3 Å². The van der Waals surface area contributed by atoms with Gasteiger partial charge >= 0.3 is 6.01 Å². The monoisotopic (exact) mass is 238 g/mol. The molecule has 2 rings (SSSR count). The molecule has 0 aliphatic rings. The van der Waals surface area contributed by atoms with Crippen molar-refractivity contribution in [3.8, 4) is 0 Å². The van der Waals surface area contributed by atoms with Gasteiger partial charge in [0, 0.05) is 0 Å². The van der Waals surface area contributed by atoms with E-state index in [4.69, 9.17) is 10.2 Å². The highest BCUT2D eigenvalue weighted by Crippen LogP contribution is 2.20. The number of aromatic nitrogens is 2. The van der Waals surface area contributed by atoms with E-state index in [-0.39, 0.29) is 11.9 Å². The van der Waals surface area contributed by atoms with Crippen LogP contribution in [0.4, 0.5) is 11.1 Å². The summed E-state index contributed by atoms with van der Waals surface area (Å²) in [5.41, 5.74) is 6.81. The number of aryl methyl sites for hydroxylation is 2. The zero-order valence-electron chi connectivity index (χ0n) is 8.77. The van der Waals surface area contributed by atoms with Crippen LogP contribution >= 0.6 is 11.3 Å². The van der Waals surface area contributed by atoms with Gasteiger partial charge in [0.2, 0.25) is 0 Å². The maximum absolute atomic E-state index is 11.8. The molecule has 0 unspecified atom stereocenters. The van der Waals surface area contributed by atoms with Crippen LogP contribution in [0.25, 0.3) is 0 Å². The molecule has 0 atom stereocenters. The van der Waals surface area contributed by atoms with Crippen LogP contribution in [-0.4, -0.2) is 15.9 Å². The summed E-state index contributed by atoms with van der Waals surface area (Å²) in [6.45, 7) is 3.50. The number of amides is 1. The summed E-state index contributed by atoms with van der Waals surface area (Å²) in [5.74, 6) is -0.312. The van der Waals surface area contributed by atoms with Gasteiger partial charge < -0.3 is 10.2 Å². The van der Waals surface area contributed by atoms with Crippen LogP contribution in [0.1, 0.15) is 21.1 Å². The zero-order valence-corrected chi connectivity index (χ0v) is 9.59. The van der Waals surface area contributed by atoms with Crippen molar-refractivity contribution >= 4 is 28.4 Å². The van der Waals surface area contributed by atoms with Crippen molar-refractivity contribution in [2.24, 2.45) is 0 Å². The van der Waals surface area contributed by atoms with Crippen LogP contribution in [0.3, 0.4) is 0 Å². The largest absolute Gasteiger partial charge is 0.432 e. The summed E-state index contributed by atoms with van der Waals surface area (Å²) in [6.07, 6.45) is 1.46. The van der Waals surface area contributed by atoms with E-state index >= 15 is 0 Å². The number of carbonyl (C=O) groups excluding carboxylic acids is 1. The van der Waals surface area contributed by atoms with Crippen molar-refractivity contribution in [1.82, 2.24) is 9.97 Å². The lowest BCUT2D eigenvalue weighted by Crippen LogP contribution is -2.11. The van der Waals surface area contributed by atoms with Gasteiger partial charge in [-0.25, -0.2) is 4.98 Å². The second-order valence-electron chi connectivity index (χ2n) is 3.21. The molecule has 2 aromatic heterocycles. The Hall–Kier alpha value is -1.89. The maximum Gasteiger partial charge on any atom is 0.301 e. The molecule has 0 radical (unpaired) electrons. The molecule has 0 spiro atoms. The van der Waals surface area contributed by atoms with Crippen molar-refractivity contribution in [3.63, 3.8) is 0 Å². The summed E-state index contributed by atoms with van der Waals surface area (Å²) < 4.78 is 5.01. The van der Waals surface area contributed by atoms with Gasteiger partial charge in [-0.2, -0.15) is 4.98 Å². The maximum atomic E-state index is 11.8. The molecule has 0 saturated heterocycles. The number of hydrogen-bond acceptors (Lipinski definition) is 6. The summed E-state index contributed by atoms with van der Waals surface area (Å²) in [7, 11) is 0. The van der Waals surface area contributed by atoms with E-state index in [1.54, 1.807) is 13.8 Å². The fourth-order valence-corrected chi connectivity index (χ4v) is 1.92. The summed E-state index contributed by atoms with van der Waals surface area (Å²) in [6, 6.07) is 0.175. The molecule has 2 aromatic rings. The topological polar surface area (TPSA) is 94.0 Å². The van der Waals surface area contributed by atoms with Crippen molar-refractivity contribution in [1.29, 1.82) is 0 Å². The first-order valence-electron chi connectivity index (χ1n) is 4.52. The van der Waals surface area contributed by atoms with Gasteiger partial charge in [0.05, 0.1) is 11.4 Å². The fraction of sp³-hybridized carbons (Fsp3) is 0.222. The molecule has 0 bridgehead atoms. The van der Waals surface area contributed by atoms with E-state index in [0.29, 0.717) is 21.4 Å². The Kier molecular flexibility index (Phi) is 2.61. The van der Waals surface area contributed by atoms with Crippen LogP contribution in [0.5, 0.6) is 0 Å². The van der Waals surface area contributed by atoms with Gasteiger partial charge in [-0.3, -0.25) is 10.1 Å². The van der Waals surface area contributed by atoms with Crippen LogP contribution in [0.2, 0.25) is 0 Å². The number of anilines is 2. The second kappa shape index (κ2) is 3.93. The third-order valence-electron chi connectivity index (χ3n) is 1.86. The number of nitrogens with one attached hydrogen (secondary N) is 1. The number of nitrogen functional groups attached to an aromatic ring is 1. The van der Waals surface area contributed by atoms with Crippen molar-refractivity contribution in [2.75, 3.05) is 11.1 Å². The predicted octanol–water partition coefficient (Wildman–Crippen LogP) is 1.58. The smallest absolute Gasteiger partial charge is 0.301 e. The molecule has 84 valence electrons. The number of thiazole rings is 1. The quantitative estimate of drug-likeness (QED) is 0.828. The second-order valence-corrected chi connectivity index (χ2v) is 4.25. The first-order chi connectivity index (χ1) is 7.56. The van der Waals surface area contributed by atoms with Crippen molar-refractivity contribution in [3.05, 3.63) is 22.5 Å². The molecular weight excluding hydrogens is 228 g/mol. The van der Waals surface area contributed by atoms with E-state index in [1.807, 2.05) is 0 Å². The SMILES string of the molecule is Cc1coc(NC(=O)c2sc(N)nc2C)n1. The summed E-state index contributed by atoms with van der Waals surface area (Å²) >= 11 is 1.13. The molecule has 16 heavy (non-hydrogen) atoms. The van der Waals surface area contributed by atoms with Gasteiger partial charge in [0.25, 0.3) is 5.91 Å². The molecule has 0 aliphatic heterocycles. The van der Waals surface area contributed by atoms with Crippen LogP contribution in [-0.2, 0) is 0 Å². The van der Waals surface area contributed by atoms with E-state index in [9.17, 15) is 4.79 Å². The van der Waals surface area contributed by atoms with E-state index in [0.717, 1.165) is 11.3 Å². The number of nitrogens with zero attached hydrogens (tertiary/aromatic N) is 2. The normalized spacial score (nSPS) is 10.4. The molecule has 1 amide bonds. The molecule has 0 fully saturated rings. The Labute approximate surface area is 95.5 Å². The lowest BCUT2D eigenvalue weighted by Gasteiger charge is -1.97. The number of nitrogens with two attached hydrogens (primary N) is 1. The van der Waals surface area contributed by atoms with E-state index in [1.165, 1.54) is 6.26 Å². The predicted molar refractivity (Wildman–Crippen MR) is 60.5 cm³/mol. The molecule has 2 heterocycles. The molecule has 3 N–H and O–H groups in total. The Morgan fingerprint density at radius 3 is 2.75 bits per heavy atom. The highest BCUT2D eigenvalue weighted by Gasteiger charge is 2.15. The third kappa shape index (κ3) is 2.03. The van der Waals surface area contributed by atoms with E-state index < -0.39 is 0 Å². The Bertz CT molecular complexity index is 531. The number of oxazole rings is 1. The first-order valence-corrected chi connectivity index (χ1v) is 5.34. The lowest BCUT2D eigenvalue weighted by molar-refractivity contribution is 0.102. The average Bonchev–Trinajstić information content (AvgIpc) is 2.73. The first kappa shape index (κ1) is 10.6. The fourth-order valence-electron chi connectivity index (χ4n) is 1.19.